The summed E-state index contributed by atoms with van der Waals surface area (Å²) in [7, 11) is 0. The summed E-state index contributed by atoms with van der Waals surface area (Å²) in [5.74, 6) is -0.186. The van der Waals surface area contributed by atoms with Gasteiger partial charge in [0.1, 0.15) is 0 Å². The third-order valence-corrected chi connectivity index (χ3v) is 5.97. The molecule has 158 valence electrons. The summed E-state index contributed by atoms with van der Waals surface area (Å²) < 4.78 is 0. The number of benzene rings is 3. The van der Waals surface area contributed by atoms with Gasteiger partial charge in [0, 0.05) is 19.5 Å². The van der Waals surface area contributed by atoms with Crippen LogP contribution in [0, 0.1) is 12.8 Å². The first-order valence-electron chi connectivity index (χ1n) is 10.8. The molecule has 0 saturated carbocycles. The van der Waals surface area contributed by atoms with Crippen molar-refractivity contribution in [3.8, 4) is 0 Å². The molecule has 4 nitrogen and oxygen atoms in total. The Kier molecular flexibility index (Phi) is 6.46. The molecular weight excluding hydrogens is 384 g/mol. The zero-order valence-corrected chi connectivity index (χ0v) is 17.8. The second kappa shape index (κ2) is 9.61. The molecule has 1 N–H and O–H groups in total. The fraction of sp³-hybridized carbons (Fsp3) is 0.259. The molecule has 1 aliphatic heterocycles. The average molecular weight is 413 g/mol. The SMILES string of the molecule is Cc1ccc(CNC(=O)C2CCC(=O)N(Cc3ccccc3)C2c2ccccc2)cc1. The Labute approximate surface area is 183 Å². The van der Waals surface area contributed by atoms with E-state index in [0.29, 0.717) is 25.9 Å². The van der Waals surface area contributed by atoms with Crippen LogP contribution in [0.3, 0.4) is 0 Å². The summed E-state index contributed by atoms with van der Waals surface area (Å²) in [5.41, 5.74) is 4.34. The Morgan fingerprint density at radius 2 is 1.55 bits per heavy atom. The minimum atomic E-state index is -0.283. The van der Waals surface area contributed by atoms with Gasteiger partial charge in [-0.15, -0.1) is 0 Å². The van der Waals surface area contributed by atoms with Crippen molar-refractivity contribution in [2.75, 3.05) is 0 Å². The van der Waals surface area contributed by atoms with E-state index >= 15 is 0 Å². The Morgan fingerprint density at radius 1 is 0.903 bits per heavy atom. The number of likely N-dealkylation sites (tertiary alicyclic amines) is 1. The average Bonchev–Trinajstić information content (AvgIpc) is 2.81. The second-order valence-corrected chi connectivity index (χ2v) is 8.21. The second-order valence-electron chi connectivity index (χ2n) is 8.21. The van der Waals surface area contributed by atoms with Gasteiger partial charge >= 0.3 is 0 Å². The van der Waals surface area contributed by atoms with E-state index in [0.717, 1.165) is 16.7 Å². The predicted octanol–water partition coefficient (Wildman–Crippen LogP) is 4.79. The first kappa shape index (κ1) is 20.9. The Hall–Kier alpha value is -3.40. The Balaban J connectivity index is 1.58. The quantitative estimate of drug-likeness (QED) is 0.633. The summed E-state index contributed by atoms with van der Waals surface area (Å²) in [5, 5.41) is 3.11. The molecular formula is C27H28N2O2. The zero-order valence-electron chi connectivity index (χ0n) is 17.8. The molecule has 2 unspecified atom stereocenters. The van der Waals surface area contributed by atoms with Crippen molar-refractivity contribution in [1.82, 2.24) is 10.2 Å². The number of piperidine rings is 1. The highest BCUT2D eigenvalue weighted by Crippen LogP contribution is 2.38. The number of amides is 2. The summed E-state index contributed by atoms with van der Waals surface area (Å²) in [6, 6.07) is 27.8. The van der Waals surface area contributed by atoms with Gasteiger partial charge in [0.2, 0.25) is 11.8 Å². The molecule has 0 aromatic heterocycles. The van der Waals surface area contributed by atoms with Gasteiger partial charge in [-0.2, -0.15) is 0 Å². The third-order valence-electron chi connectivity index (χ3n) is 5.97. The van der Waals surface area contributed by atoms with Gasteiger partial charge in [-0.3, -0.25) is 9.59 Å². The summed E-state index contributed by atoms with van der Waals surface area (Å²) in [6.45, 7) is 3.04. The van der Waals surface area contributed by atoms with Gasteiger partial charge in [0.15, 0.2) is 0 Å². The topological polar surface area (TPSA) is 49.4 Å². The number of nitrogens with zero attached hydrogens (tertiary/aromatic N) is 1. The van der Waals surface area contributed by atoms with Crippen molar-refractivity contribution in [2.45, 2.75) is 38.9 Å². The minimum Gasteiger partial charge on any atom is -0.352 e. The molecule has 1 heterocycles. The number of carbonyl (C=O) groups excluding carboxylic acids is 2. The smallest absolute Gasteiger partial charge is 0.225 e. The van der Waals surface area contributed by atoms with E-state index in [9.17, 15) is 9.59 Å². The van der Waals surface area contributed by atoms with Crippen LogP contribution in [0.25, 0.3) is 0 Å². The largest absolute Gasteiger partial charge is 0.352 e. The standard InChI is InChI=1S/C27H28N2O2/c1-20-12-14-21(15-13-20)18-28-27(31)24-16-17-25(30)29(19-22-8-4-2-5-9-22)26(24)23-10-6-3-7-11-23/h2-15,24,26H,16-19H2,1H3,(H,28,31). The summed E-state index contributed by atoms with van der Waals surface area (Å²) >= 11 is 0. The van der Waals surface area contributed by atoms with Crippen LogP contribution in [0.15, 0.2) is 84.9 Å². The van der Waals surface area contributed by atoms with Crippen LogP contribution in [0.5, 0.6) is 0 Å². The van der Waals surface area contributed by atoms with E-state index in [-0.39, 0.29) is 23.8 Å². The molecule has 3 aromatic rings. The molecule has 4 heteroatoms. The van der Waals surface area contributed by atoms with E-state index in [1.54, 1.807) is 0 Å². The van der Waals surface area contributed by atoms with Crippen molar-refractivity contribution in [1.29, 1.82) is 0 Å². The van der Waals surface area contributed by atoms with Crippen LogP contribution in [-0.2, 0) is 22.7 Å². The highest BCUT2D eigenvalue weighted by atomic mass is 16.2. The van der Waals surface area contributed by atoms with Gasteiger partial charge in [0.25, 0.3) is 0 Å². The predicted molar refractivity (Wildman–Crippen MR) is 122 cm³/mol. The van der Waals surface area contributed by atoms with Crippen molar-refractivity contribution in [3.05, 3.63) is 107 Å². The monoisotopic (exact) mass is 412 g/mol. The minimum absolute atomic E-state index is 0.00000950. The van der Waals surface area contributed by atoms with Gasteiger partial charge < -0.3 is 10.2 Å². The molecule has 0 radical (unpaired) electrons. The van der Waals surface area contributed by atoms with Crippen molar-refractivity contribution < 1.29 is 9.59 Å². The maximum atomic E-state index is 13.3. The van der Waals surface area contributed by atoms with E-state index in [2.05, 4.69) is 17.4 Å². The highest BCUT2D eigenvalue weighted by molar-refractivity contribution is 5.85. The fourth-order valence-electron chi connectivity index (χ4n) is 4.28. The zero-order chi connectivity index (χ0) is 21.6. The van der Waals surface area contributed by atoms with Crippen LogP contribution in [0.4, 0.5) is 0 Å². The first-order chi connectivity index (χ1) is 15.1. The normalized spacial score (nSPS) is 18.6. The van der Waals surface area contributed by atoms with Gasteiger partial charge in [-0.1, -0.05) is 90.5 Å². The maximum absolute atomic E-state index is 13.3. The molecule has 31 heavy (non-hydrogen) atoms. The van der Waals surface area contributed by atoms with Crippen LogP contribution < -0.4 is 5.32 Å². The molecule has 0 spiro atoms. The lowest BCUT2D eigenvalue weighted by Gasteiger charge is -2.41. The first-order valence-corrected chi connectivity index (χ1v) is 10.8. The van der Waals surface area contributed by atoms with Crippen LogP contribution in [0.1, 0.15) is 41.1 Å². The summed E-state index contributed by atoms with van der Waals surface area (Å²) in [6.07, 6.45) is 0.947. The molecule has 0 bridgehead atoms. The molecule has 3 aromatic carbocycles. The van der Waals surface area contributed by atoms with E-state index in [1.165, 1.54) is 5.56 Å². The molecule has 4 rings (SSSR count). The number of nitrogens with one attached hydrogen (secondary N) is 1. The van der Waals surface area contributed by atoms with Crippen molar-refractivity contribution >= 4 is 11.8 Å². The van der Waals surface area contributed by atoms with Gasteiger partial charge in [-0.25, -0.2) is 0 Å². The Bertz CT molecular complexity index is 1020. The van der Waals surface area contributed by atoms with E-state index < -0.39 is 0 Å². The number of carbonyl (C=O) groups is 2. The molecule has 0 aliphatic carbocycles. The summed E-state index contributed by atoms with van der Waals surface area (Å²) in [4.78, 5) is 28.1. The number of hydrogen-bond acceptors (Lipinski definition) is 2. The van der Waals surface area contributed by atoms with Crippen LogP contribution in [-0.4, -0.2) is 16.7 Å². The molecule has 2 atom stereocenters. The van der Waals surface area contributed by atoms with E-state index in [1.807, 2.05) is 84.6 Å². The number of hydrogen-bond donors (Lipinski definition) is 1. The number of aryl methyl sites for hydroxylation is 1. The molecule has 1 aliphatic rings. The molecule has 1 saturated heterocycles. The fourth-order valence-corrected chi connectivity index (χ4v) is 4.28. The van der Waals surface area contributed by atoms with Crippen LogP contribution >= 0.6 is 0 Å². The third kappa shape index (κ3) is 5.02. The highest BCUT2D eigenvalue weighted by Gasteiger charge is 2.40. The molecule has 2 amide bonds. The van der Waals surface area contributed by atoms with Crippen molar-refractivity contribution in [2.24, 2.45) is 5.92 Å². The van der Waals surface area contributed by atoms with Gasteiger partial charge in [0.05, 0.1) is 12.0 Å². The van der Waals surface area contributed by atoms with Crippen LogP contribution in [0.2, 0.25) is 0 Å². The van der Waals surface area contributed by atoms with Gasteiger partial charge in [-0.05, 0) is 30.0 Å². The lowest BCUT2D eigenvalue weighted by atomic mass is 9.83. The number of rotatable bonds is 6. The Morgan fingerprint density at radius 3 is 2.23 bits per heavy atom. The lowest BCUT2D eigenvalue weighted by Crippen LogP contribution is -2.47. The van der Waals surface area contributed by atoms with Crippen molar-refractivity contribution in [3.63, 3.8) is 0 Å². The molecule has 1 fully saturated rings. The maximum Gasteiger partial charge on any atom is 0.225 e. The lowest BCUT2D eigenvalue weighted by molar-refractivity contribution is -0.144. The van der Waals surface area contributed by atoms with E-state index in [4.69, 9.17) is 0 Å².